The first-order valence-electron chi connectivity index (χ1n) is 11.2. The van der Waals surface area contributed by atoms with Crippen LogP contribution in [0.2, 0.25) is 0 Å². The second-order valence-corrected chi connectivity index (χ2v) is 8.33. The van der Waals surface area contributed by atoms with Crippen molar-refractivity contribution in [3.63, 3.8) is 0 Å². The van der Waals surface area contributed by atoms with Gasteiger partial charge in [-0.25, -0.2) is 9.78 Å². The molecule has 0 radical (unpaired) electrons. The Kier molecular flexibility index (Phi) is 5.82. The minimum absolute atomic E-state index is 0.0353. The third-order valence-electron chi connectivity index (χ3n) is 5.79. The Hall–Kier alpha value is -4.40. The van der Waals surface area contributed by atoms with Crippen molar-refractivity contribution in [2.75, 3.05) is 13.7 Å². The summed E-state index contributed by atoms with van der Waals surface area (Å²) in [7, 11) is 3.42. The van der Waals surface area contributed by atoms with Gasteiger partial charge in [0, 0.05) is 37.2 Å². The van der Waals surface area contributed by atoms with E-state index < -0.39 is 5.63 Å². The van der Waals surface area contributed by atoms with E-state index in [1.165, 1.54) is 0 Å². The fourth-order valence-corrected chi connectivity index (χ4v) is 4.15. The molecule has 9 nitrogen and oxygen atoms in total. The van der Waals surface area contributed by atoms with Gasteiger partial charge in [0.1, 0.15) is 34.6 Å². The second-order valence-electron chi connectivity index (χ2n) is 8.33. The van der Waals surface area contributed by atoms with Crippen LogP contribution in [0.25, 0.3) is 33.1 Å². The van der Waals surface area contributed by atoms with E-state index in [0.29, 0.717) is 41.5 Å². The van der Waals surface area contributed by atoms with E-state index in [0.717, 1.165) is 22.1 Å². The Morgan fingerprint density at radius 2 is 1.91 bits per heavy atom. The molecule has 9 heteroatoms. The number of aryl methyl sites for hydroxylation is 2. The molecular formula is C26H24N4O5. The summed E-state index contributed by atoms with van der Waals surface area (Å²) in [6.07, 6.45) is 2.08. The number of ether oxygens (including phenoxy) is 1. The molecule has 0 saturated carbocycles. The largest absolute Gasteiger partial charge is 0.497 e. The SMILES string of the molecule is COc1ccc2cc(-c3oc4cc(C)oc(=O)c4c3CC(=O)NCCc3ncn(C)n3)ccc2c1. The summed E-state index contributed by atoms with van der Waals surface area (Å²) < 4.78 is 18.4. The van der Waals surface area contributed by atoms with Gasteiger partial charge in [-0.1, -0.05) is 18.2 Å². The molecule has 5 rings (SSSR count). The number of amides is 1. The minimum Gasteiger partial charge on any atom is -0.497 e. The summed E-state index contributed by atoms with van der Waals surface area (Å²) in [5.74, 6) is 2.08. The lowest BCUT2D eigenvalue weighted by Crippen LogP contribution is -2.27. The monoisotopic (exact) mass is 472 g/mol. The molecule has 0 bridgehead atoms. The molecule has 35 heavy (non-hydrogen) atoms. The molecule has 0 aliphatic carbocycles. The van der Waals surface area contributed by atoms with Crippen molar-refractivity contribution in [2.24, 2.45) is 7.05 Å². The van der Waals surface area contributed by atoms with Crippen LogP contribution >= 0.6 is 0 Å². The Bertz CT molecular complexity index is 1610. The molecule has 178 valence electrons. The zero-order chi connectivity index (χ0) is 24.5. The first-order valence-corrected chi connectivity index (χ1v) is 11.2. The van der Waals surface area contributed by atoms with E-state index in [-0.39, 0.29) is 17.7 Å². The standard InChI is InChI=1S/C26H24N4O5/c1-15-10-21-24(26(32)34-15)20(13-23(31)27-9-8-22-28-14-30(2)29-22)25(35-21)18-5-4-17-12-19(33-3)7-6-16(17)11-18/h4-7,10-12,14H,8-9,13H2,1-3H3,(H,27,31). The first kappa shape index (κ1) is 22.4. The van der Waals surface area contributed by atoms with Crippen molar-refractivity contribution in [1.82, 2.24) is 20.1 Å². The van der Waals surface area contributed by atoms with Gasteiger partial charge in [-0.15, -0.1) is 0 Å². The molecule has 0 aliphatic rings. The summed E-state index contributed by atoms with van der Waals surface area (Å²) in [5.41, 5.74) is 1.12. The number of aromatic nitrogens is 3. The highest BCUT2D eigenvalue weighted by molar-refractivity contribution is 5.95. The van der Waals surface area contributed by atoms with Gasteiger partial charge in [0.25, 0.3) is 0 Å². The maximum atomic E-state index is 12.8. The number of nitrogens with one attached hydrogen (secondary N) is 1. The van der Waals surface area contributed by atoms with Gasteiger partial charge in [-0.05, 0) is 35.9 Å². The Morgan fingerprint density at radius 3 is 2.69 bits per heavy atom. The van der Waals surface area contributed by atoms with Gasteiger partial charge in [-0.2, -0.15) is 5.10 Å². The van der Waals surface area contributed by atoms with Gasteiger partial charge in [0.2, 0.25) is 5.91 Å². The van der Waals surface area contributed by atoms with Crippen LogP contribution in [-0.4, -0.2) is 34.3 Å². The third-order valence-corrected chi connectivity index (χ3v) is 5.79. The highest BCUT2D eigenvalue weighted by Crippen LogP contribution is 2.35. The van der Waals surface area contributed by atoms with Gasteiger partial charge < -0.3 is 18.9 Å². The lowest BCUT2D eigenvalue weighted by molar-refractivity contribution is -0.120. The predicted molar refractivity (Wildman–Crippen MR) is 130 cm³/mol. The number of benzene rings is 2. The van der Waals surface area contributed by atoms with E-state index in [2.05, 4.69) is 15.4 Å². The molecule has 3 aromatic heterocycles. The van der Waals surface area contributed by atoms with Crippen LogP contribution in [0.3, 0.4) is 0 Å². The predicted octanol–water partition coefficient (Wildman–Crippen LogP) is 3.55. The van der Waals surface area contributed by atoms with Crippen molar-refractivity contribution in [3.05, 3.63) is 76.4 Å². The fourth-order valence-electron chi connectivity index (χ4n) is 4.15. The lowest BCUT2D eigenvalue weighted by atomic mass is 10.0. The zero-order valence-electron chi connectivity index (χ0n) is 19.6. The van der Waals surface area contributed by atoms with Crippen molar-refractivity contribution in [2.45, 2.75) is 19.8 Å². The average molecular weight is 473 g/mol. The number of methoxy groups -OCH3 is 1. The second kappa shape index (κ2) is 9.09. The normalized spacial score (nSPS) is 11.3. The Labute approximate surface area is 200 Å². The molecule has 2 aromatic carbocycles. The number of nitrogens with zero attached hydrogens (tertiary/aromatic N) is 3. The molecule has 0 fully saturated rings. The summed E-state index contributed by atoms with van der Waals surface area (Å²) in [6, 6.07) is 13.3. The van der Waals surface area contributed by atoms with E-state index in [1.54, 1.807) is 38.2 Å². The van der Waals surface area contributed by atoms with Gasteiger partial charge in [0.15, 0.2) is 5.82 Å². The van der Waals surface area contributed by atoms with E-state index in [1.807, 2.05) is 36.4 Å². The molecule has 0 spiro atoms. The highest BCUT2D eigenvalue weighted by atomic mass is 16.5. The molecule has 0 aliphatic heterocycles. The van der Waals surface area contributed by atoms with Crippen molar-refractivity contribution in [3.8, 4) is 17.1 Å². The topological polar surface area (TPSA) is 112 Å². The summed E-state index contributed by atoms with van der Waals surface area (Å²) in [4.78, 5) is 29.8. The van der Waals surface area contributed by atoms with Crippen LogP contribution in [-0.2, 0) is 24.7 Å². The van der Waals surface area contributed by atoms with Gasteiger partial charge in [-0.3, -0.25) is 9.48 Å². The number of hydrogen-bond donors (Lipinski definition) is 1. The van der Waals surface area contributed by atoms with Crippen molar-refractivity contribution >= 4 is 27.6 Å². The molecule has 3 heterocycles. The van der Waals surface area contributed by atoms with Crippen molar-refractivity contribution in [1.29, 1.82) is 0 Å². The van der Waals surface area contributed by atoms with Crippen LogP contribution in [0, 0.1) is 6.92 Å². The van der Waals surface area contributed by atoms with E-state index >= 15 is 0 Å². The number of hydrogen-bond acceptors (Lipinski definition) is 7. The van der Waals surface area contributed by atoms with Crippen LogP contribution in [0.5, 0.6) is 5.75 Å². The number of furan rings is 1. The molecule has 5 aromatic rings. The molecular weight excluding hydrogens is 448 g/mol. The zero-order valence-corrected chi connectivity index (χ0v) is 19.6. The Balaban J connectivity index is 1.49. The first-order chi connectivity index (χ1) is 16.9. The average Bonchev–Trinajstić information content (AvgIpc) is 3.41. The molecule has 0 unspecified atom stereocenters. The van der Waals surface area contributed by atoms with Crippen LogP contribution in [0.1, 0.15) is 17.1 Å². The Morgan fingerprint density at radius 1 is 1.11 bits per heavy atom. The summed E-state index contributed by atoms with van der Waals surface area (Å²) >= 11 is 0. The fraction of sp³-hybridized carbons (Fsp3) is 0.231. The minimum atomic E-state index is -0.527. The number of carbonyl (C=O) groups is 1. The van der Waals surface area contributed by atoms with Crippen LogP contribution in [0.4, 0.5) is 0 Å². The number of rotatable bonds is 7. The highest BCUT2D eigenvalue weighted by Gasteiger charge is 2.22. The van der Waals surface area contributed by atoms with E-state index in [4.69, 9.17) is 13.6 Å². The molecule has 0 saturated heterocycles. The number of carbonyl (C=O) groups excluding carboxylic acids is 1. The van der Waals surface area contributed by atoms with Gasteiger partial charge >= 0.3 is 5.63 Å². The summed E-state index contributed by atoms with van der Waals surface area (Å²) in [6.45, 7) is 2.06. The van der Waals surface area contributed by atoms with E-state index in [9.17, 15) is 9.59 Å². The maximum absolute atomic E-state index is 12.8. The number of fused-ring (bicyclic) bond motifs is 2. The molecule has 1 N–H and O–H groups in total. The quantitative estimate of drug-likeness (QED) is 0.385. The maximum Gasteiger partial charge on any atom is 0.347 e. The third kappa shape index (κ3) is 4.52. The summed E-state index contributed by atoms with van der Waals surface area (Å²) in [5, 5.41) is 9.35. The smallest absolute Gasteiger partial charge is 0.347 e. The van der Waals surface area contributed by atoms with Crippen LogP contribution in [0.15, 0.2) is 62.4 Å². The van der Waals surface area contributed by atoms with Crippen molar-refractivity contribution < 1.29 is 18.4 Å². The molecule has 0 atom stereocenters. The van der Waals surface area contributed by atoms with Crippen LogP contribution < -0.4 is 15.7 Å². The molecule has 1 amide bonds. The lowest BCUT2D eigenvalue weighted by Gasteiger charge is -2.07. The van der Waals surface area contributed by atoms with Gasteiger partial charge in [0.05, 0.1) is 13.5 Å².